The second kappa shape index (κ2) is 4.52. The molecule has 0 atom stereocenters. The summed E-state index contributed by atoms with van der Waals surface area (Å²) in [6.07, 6.45) is 2.98. The fraction of sp³-hybridized carbons (Fsp3) is 0.400. The maximum atomic E-state index is 12.3. The van der Waals surface area contributed by atoms with E-state index in [2.05, 4.69) is 15.5 Å². The van der Waals surface area contributed by atoms with Crippen LogP contribution < -0.4 is 5.32 Å². The minimum Gasteiger partial charge on any atom is -0.364 e. The van der Waals surface area contributed by atoms with Crippen molar-refractivity contribution in [3.05, 3.63) is 29.7 Å². The van der Waals surface area contributed by atoms with Crippen LogP contribution in [0.3, 0.4) is 0 Å². The monoisotopic (exact) mass is 241 g/mol. The Kier molecular flexibility index (Phi) is 3.08. The number of hydrogen-bond donors (Lipinski definition) is 1. The highest BCUT2D eigenvalue weighted by atomic mass is 19.3. The number of anilines is 1. The molecule has 92 valence electrons. The van der Waals surface area contributed by atoms with Gasteiger partial charge in [0.1, 0.15) is 5.82 Å². The lowest BCUT2D eigenvalue weighted by atomic mass is 10.2. The van der Waals surface area contributed by atoms with Crippen LogP contribution in [0, 0.1) is 6.92 Å². The molecule has 2 rings (SSSR count). The summed E-state index contributed by atoms with van der Waals surface area (Å²) in [5.41, 5.74) is 2.05. The smallest absolute Gasteiger partial charge is 0.333 e. The molecule has 0 fully saturated rings. The molecule has 1 N–H and O–H groups in total. The van der Waals surface area contributed by atoms with Gasteiger partial charge in [0.15, 0.2) is 0 Å². The zero-order valence-electron chi connectivity index (χ0n) is 9.56. The van der Waals surface area contributed by atoms with Gasteiger partial charge in [0.2, 0.25) is 0 Å². The van der Waals surface area contributed by atoms with Gasteiger partial charge in [-0.3, -0.25) is 4.68 Å². The number of rotatable bonds is 4. The molecule has 17 heavy (non-hydrogen) atoms. The molecule has 0 saturated heterocycles. The van der Waals surface area contributed by atoms with Crippen LogP contribution >= 0.6 is 0 Å². The Morgan fingerprint density at radius 1 is 1.47 bits per heavy atom. The van der Waals surface area contributed by atoms with Gasteiger partial charge in [-0.25, -0.2) is 4.68 Å². The topological polar surface area (TPSA) is 47.7 Å². The summed E-state index contributed by atoms with van der Waals surface area (Å²) in [6, 6.07) is 1.51. The first-order chi connectivity index (χ1) is 8.08. The van der Waals surface area contributed by atoms with Crippen LogP contribution in [-0.4, -0.2) is 19.6 Å². The summed E-state index contributed by atoms with van der Waals surface area (Å²) < 4.78 is 26.9. The van der Waals surface area contributed by atoms with Crippen LogP contribution in [0.4, 0.5) is 14.6 Å². The molecule has 2 aromatic heterocycles. The molecule has 0 aliphatic rings. The molecule has 7 heteroatoms. The highest BCUT2D eigenvalue weighted by Crippen LogP contribution is 2.13. The Hall–Kier alpha value is -1.92. The number of alkyl halides is 2. The van der Waals surface area contributed by atoms with Crippen LogP contribution in [0.1, 0.15) is 17.8 Å². The van der Waals surface area contributed by atoms with Crippen molar-refractivity contribution in [3.8, 4) is 0 Å². The second-order valence-corrected chi connectivity index (χ2v) is 3.69. The van der Waals surface area contributed by atoms with Crippen LogP contribution in [0.25, 0.3) is 0 Å². The predicted molar refractivity (Wildman–Crippen MR) is 58.8 cm³/mol. The van der Waals surface area contributed by atoms with Gasteiger partial charge in [0.05, 0.1) is 6.20 Å². The van der Waals surface area contributed by atoms with Gasteiger partial charge in [-0.2, -0.15) is 19.0 Å². The van der Waals surface area contributed by atoms with E-state index in [1.54, 1.807) is 10.9 Å². The molecule has 0 spiro atoms. The van der Waals surface area contributed by atoms with Gasteiger partial charge in [0, 0.05) is 37.1 Å². The third-order valence-electron chi connectivity index (χ3n) is 2.61. The number of nitrogens with one attached hydrogen (secondary N) is 1. The van der Waals surface area contributed by atoms with E-state index in [1.165, 1.54) is 12.3 Å². The molecule has 0 saturated carbocycles. The first-order valence-electron chi connectivity index (χ1n) is 5.12. The molecule has 0 amide bonds. The molecular formula is C10H13F2N5. The second-order valence-electron chi connectivity index (χ2n) is 3.69. The van der Waals surface area contributed by atoms with E-state index < -0.39 is 6.55 Å². The van der Waals surface area contributed by atoms with Crippen molar-refractivity contribution in [2.75, 3.05) is 5.32 Å². The first-order valence-corrected chi connectivity index (χ1v) is 5.12. The van der Waals surface area contributed by atoms with E-state index in [0.717, 1.165) is 11.3 Å². The lowest BCUT2D eigenvalue weighted by molar-refractivity contribution is 0.0569. The summed E-state index contributed by atoms with van der Waals surface area (Å²) in [6.45, 7) is -0.146. The third kappa shape index (κ3) is 2.43. The largest absolute Gasteiger partial charge is 0.364 e. The lowest BCUT2D eigenvalue weighted by Gasteiger charge is -2.02. The van der Waals surface area contributed by atoms with Crippen molar-refractivity contribution in [2.45, 2.75) is 20.0 Å². The van der Waals surface area contributed by atoms with E-state index >= 15 is 0 Å². The molecule has 0 aliphatic heterocycles. The Bertz CT molecular complexity index is 503. The molecule has 5 nitrogen and oxygen atoms in total. The van der Waals surface area contributed by atoms with E-state index in [0.29, 0.717) is 17.0 Å². The van der Waals surface area contributed by atoms with E-state index in [1.807, 2.05) is 14.0 Å². The summed E-state index contributed by atoms with van der Waals surface area (Å²) in [7, 11) is 1.85. The first kappa shape index (κ1) is 11.6. The van der Waals surface area contributed by atoms with Gasteiger partial charge in [-0.15, -0.1) is 0 Å². The molecule has 0 bridgehead atoms. The van der Waals surface area contributed by atoms with Crippen molar-refractivity contribution in [1.29, 1.82) is 0 Å². The predicted octanol–water partition coefficient (Wildman–Crippen LogP) is 1.93. The van der Waals surface area contributed by atoms with Crippen molar-refractivity contribution < 1.29 is 8.78 Å². The number of aromatic nitrogens is 4. The lowest BCUT2D eigenvalue weighted by Crippen LogP contribution is -2.04. The van der Waals surface area contributed by atoms with Gasteiger partial charge >= 0.3 is 6.55 Å². The summed E-state index contributed by atoms with van der Waals surface area (Å²) >= 11 is 0. The average Bonchev–Trinajstić information content (AvgIpc) is 2.86. The fourth-order valence-corrected chi connectivity index (χ4v) is 1.44. The van der Waals surface area contributed by atoms with Crippen LogP contribution in [0.5, 0.6) is 0 Å². The maximum absolute atomic E-state index is 12.3. The maximum Gasteiger partial charge on any atom is 0.333 e. The quantitative estimate of drug-likeness (QED) is 0.889. The Morgan fingerprint density at radius 3 is 2.76 bits per heavy atom. The number of aryl methyl sites for hydroxylation is 1. The van der Waals surface area contributed by atoms with E-state index in [4.69, 9.17) is 0 Å². The van der Waals surface area contributed by atoms with Gasteiger partial charge in [-0.1, -0.05) is 0 Å². The highest BCUT2D eigenvalue weighted by molar-refractivity contribution is 5.34. The molecular weight excluding hydrogens is 228 g/mol. The molecule has 0 radical (unpaired) electrons. The van der Waals surface area contributed by atoms with E-state index in [9.17, 15) is 8.78 Å². The Labute approximate surface area is 97.0 Å². The minimum absolute atomic E-state index is 0.425. The van der Waals surface area contributed by atoms with Crippen molar-refractivity contribution >= 4 is 5.82 Å². The minimum atomic E-state index is -2.61. The summed E-state index contributed by atoms with van der Waals surface area (Å²) in [4.78, 5) is 0. The zero-order chi connectivity index (χ0) is 12.4. The number of hydrogen-bond acceptors (Lipinski definition) is 3. The zero-order valence-corrected chi connectivity index (χ0v) is 9.56. The molecule has 0 unspecified atom stereocenters. The summed E-state index contributed by atoms with van der Waals surface area (Å²) in [5, 5.41) is 10.8. The number of nitrogens with zero attached hydrogens (tertiary/aromatic N) is 4. The SMILES string of the molecule is Cc1c(CNc2ccn(C(F)F)n2)cnn1C. The highest BCUT2D eigenvalue weighted by Gasteiger charge is 2.08. The van der Waals surface area contributed by atoms with Crippen LogP contribution in [0.2, 0.25) is 0 Å². The Morgan fingerprint density at radius 2 is 2.24 bits per heavy atom. The van der Waals surface area contributed by atoms with Crippen molar-refractivity contribution in [2.24, 2.45) is 7.05 Å². The molecule has 0 aliphatic carbocycles. The summed E-state index contributed by atoms with van der Waals surface area (Å²) in [5.74, 6) is 0.425. The Balaban J connectivity index is 2.00. The standard InChI is InChI=1S/C10H13F2N5/c1-7-8(6-14-16(7)2)5-13-9-3-4-17(15-9)10(11)12/h3-4,6,10H,5H2,1-2H3,(H,13,15). The molecule has 2 heterocycles. The normalized spacial score (nSPS) is 11.1. The number of halogens is 2. The molecule has 2 aromatic rings. The third-order valence-corrected chi connectivity index (χ3v) is 2.61. The van der Waals surface area contributed by atoms with Gasteiger partial charge < -0.3 is 5.32 Å². The van der Waals surface area contributed by atoms with Gasteiger partial charge in [0.25, 0.3) is 0 Å². The van der Waals surface area contributed by atoms with Gasteiger partial charge in [-0.05, 0) is 6.92 Å². The van der Waals surface area contributed by atoms with Crippen molar-refractivity contribution in [3.63, 3.8) is 0 Å². The van der Waals surface area contributed by atoms with Crippen LogP contribution in [0.15, 0.2) is 18.5 Å². The fourth-order valence-electron chi connectivity index (χ4n) is 1.44. The van der Waals surface area contributed by atoms with E-state index in [-0.39, 0.29) is 0 Å². The average molecular weight is 241 g/mol. The molecule has 0 aromatic carbocycles. The van der Waals surface area contributed by atoms with Crippen LogP contribution in [-0.2, 0) is 13.6 Å². The van der Waals surface area contributed by atoms with Crippen molar-refractivity contribution in [1.82, 2.24) is 19.6 Å².